The molecular formula is C40H49F6N5O8. The van der Waals surface area contributed by atoms with Gasteiger partial charge in [0.1, 0.15) is 11.0 Å². The van der Waals surface area contributed by atoms with Crippen molar-refractivity contribution in [3.63, 3.8) is 0 Å². The third-order valence-corrected chi connectivity index (χ3v) is 12.1. The van der Waals surface area contributed by atoms with E-state index in [1.54, 1.807) is 20.8 Å². The Kier molecular flexibility index (Phi) is 11.7. The highest BCUT2D eigenvalue weighted by Gasteiger charge is 2.71. The summed E-state index contributed by atoms with van der Waals surface area (Å²) in [5.74, 6) is -5.60. The first kappa shape index (κ1) is 43.9. The Labute approximate surface area is 336 Å². The second kappa shape index (κ2) is 15.7. The fourth-order valence-electron chi connectivity index (χ4n) is 8.48. The second-order valence-corrected chi connectivity index (χ2v) is 17.6. The van der Waals surface area contributed by atoms with Crippen LogP contribution in [-0.4, -0.2) is 111 Å². The van der Waals surface area contributed by atoms with Crippen molar-refractivity contribution in [2.24, 2.45) is 22.2 Å². The van der Waals surface area contributed by atoms with Gasteiger partial charge in [0.15, 0.2) is 6.04 Å². The molecule has 1 aromatic carbocycles. The maximum atomic E-state index is 14.1. The maximum absolute atomic E-state index is 14.1. The Balaban J connectivity index is 1.18. The van der Waals surface area contributed by atoms with Gasteiger partial charge in [-0.15, -0.1) is 0 Å². The molecule has 0 unspecified atom stereocenters. The Morgan fingerprint density at radius 3 is 2.07 bits per heavy atom. The minimum Gasteiger partial charge on any atom is -0.480 e. The van der Waals surface area contributed by atoms with E-state index in [1.807, 2.05) is 0 Å². The van der Waals surface area contributed by atoms with Gasteiger partial charge in [0, 0.05) is 37.8 Å². The third-order valence-electron chi connectivity index (χ3n) is 12.1. The largest absolute Gasteiger partial charge is 0.480 e. The molecule has 324 valence electrons. The normalized spacial score (nSPS) is 22.0. The minimum absolute atomic E-state index is 0.0220. The maximum Gasteiger partial charge on any atom is 0.416 e. The van der Waals surface area contributed by atoms with E-state index in [0.717, 1.165) is 36.3 Å². The number of nitrogens with one attached hydrogen (secondary N) is 1. The Morgan fingerprint density at radius 2 is 1.53 bits per heavy atom. The number of hydrogen-bond acceptors (Lipinski definition) is 8. The van der Waals surface area contributed by atoms with Gasteiger partial charge < -0.3 is 29.7 Å². The summed E-state index contributed by atoms with van der Waals surface area (Å²) in [7, 11) is 0. The SMILES string of the molecule is C[C@@H](OCC1(C(=O)OC(C)(C)C)CCCCC1)[C@H](NC(=O)[C@@H]1CN(C(=O)c2cnn(Cc3ccc(C(F)(F)F)cc3)c2)CC12CN(C(=O)C1(C(F)(F)F)CC1)C2)C(=O)O. The molecule has 0 radical (unpaired) electrons. The lowest BCUT2D eigenvalue weighted by Gasteiger charge is -2.51. The Bertz CT molecular complexity index is 1920. The molecule has 1 aromatic heterocycles. The summed E-state index contributed by atoms with van der Waals surface area (Å²) in [5.41, 5.74) is -5.83. The molecule has 13 nitrogen and oxygen atoms in total. The first-order chi connectivity index (χ1) is 27.4. The highest BCUT2D eigenvalue weighted by molar-refractivity contribution is 5.95. The first-order valence-electron chi connectivity index (χ1n) is 19.6. The molecule has 2 N–H and O–H groups in total. The number of carbonyl (C=O) groups is 5. The fraction of sp³-hybridized carbons (Fsp3) is 0.650. The van der Waals surface area contributed by atoms with Crippen molar-refractivity contribution >= 4 is 29.7 Å². The van der Waals surface area contributed by atoms with Gasteiger partial charge in [0.2, 0.25) is 11.8 Å². The van der Waals surface area contributed by atoms with Crippen molar-refractivity contribution in [1.29, 1.82) is 0 Å². The molecule has 2 aliphatic carbocycles. The molecule has 6 rings (SSSR count). The molecule has 0 bridgehead atoms. The summed E-state index contributed by atoms with van der Waals surface area (Å²) < 4.78 is 93.9. The zero-order chi connectivity index (χ0) is 43.3. The average molecular weight is 842 g/mol. The molecule has 2 aromatic rings. The lowest BCUT2D eigenvalue weighted by molar-refractivity contribution is -0.205. The van der Waals surface area contributed by atoms with E-state index in [1.165, 1.54) is 41.0 Å². The lowest BCUT2D eigenvalue weighted by Crippen LogP contribution is -2.66. The van der Waals surface area contributed by atoms with Crippen molar-refractivity contribution in [3.8, 4) is 0 Å². The molecule has 2 aliphatic heterocycles. The van der Waals surface area contributed by atoms with Crippen LogP contribution < -0.4 is 5.32 Å². The summed E-state index contributed by atoms with van der Waals surface area (Å²) in [4.78, 5) is 69.5. The van der Waals surface area contributed by atoms with Crippen LogP contribution in [0.15, 0.2) is 36.7 Å². The number of benzene rings is 1. The summed E-state index contributed by atoms with van der Waals surface area (Å²) in [6.45, 7) is 5.50. The van der Waals surface area contributed by atoms with Crippen molar-refractivity contribution in [2.75, 3.05) is 32.8 Å². The number of ether oxygens (including phenoxy) is 2. The number of halogens is 6. The molecule has 2 saturated carbocycles. The van der Waals surface area contributed by atoms with Gasteiger partial charge in [-0.1, -0.05) is 31.4 Å². The topological polar surface area (TPSA) is 160 Å². The van der Waals surface area contributed by atoms with Crippen molar-refractivity contribution < 1.29 is 64.9 Å². The van der Waals surface area contributed by atoms with Crippen LogP contribution in [0.3, 0.4) is 0 Å². The molecule has 3 atom stereocenters. The van der Waals surface area contributed by atoms with Gasteiger partial charge in [-0.05, 0) is 71.1 Å². The molecular weight excluding hydrogens is 792 g/mol. The summed E-state index contributed by atoms with van der Waals surface area (Å²) in [6, 6.07) is 2.76. The highest BCUT2D eigenvalue weighted by atomic mass is 19.4. The molecule has 2 saturated heterocycles. The minimum atomic E-state index is -4.77. The van der Waals surface area contributed by atoms with Gasteiger partial charge in [-0.2, -0.15) is 31.4 Å². The molecule has 1 spiro atoms. The van der Waals surface area contributed by atoms with E-state index in [9.17, 15) is 55.4 Å². The predicted octanol–water partition coefficient (Wildman–Crippen LogP) is 5.46. The van der Waals surface area contributed by atoms with E-state index in [4.69, 9.17) is 9.47 Å². The number of rotatable bonds is 12. The zero-order valence-corrected chi connectivity index (χ0v) is 33.3. The molecule has 3 heterocycles. The lowest BCUT2D eigenvalue weighted by atomic mass is 9.70. The smallest absolute Gasteiger partial charge is 0.416 e. The van der Waals surface area contributed by atoms with Crippen LogP contribution >= 0.6 is 0 Å². The van der Waals surface area contributed by atoms with Crippen LogP contribution in [0.4, 0.5) is 26.3 Å². The Morgan fingerprint density at radius 1 is 0.915 bits per heavy atom. The highest BCUT2D eigenvalue weighted by Crippen LogP contribution is 2.60. The quantitative estimate of drug-likeness (QED) is 0.209. The van der Waals surface area contributed by atoms with Crippen LogP contribution in [0, 0.1) is 22.2 Å². The number of carbonyl (C=O) groups excluding carboxylic acids is 4. The van der Waals surface area contributed by atoms with Gasteiger partial charge in [-0.25, -0.2) is 4.79 Å². The number of amides is 3. The summed E-state index contributed by atoms with van der Waals surface area (Å²) >= 11 is 0. The monoisotopic (exact) mass is 841 g/mol. The van der Waals surface area contributed by atoms with Crippen LogP contribution in [0.25, 0.3) is 0 Å². The number of aromatic nitrogens is 2. The van der Waals surface area contributed by atoms with Crippen LogP contribution in [0.1, 0.15) is 94.1 Å². The van der Waals surface area contributed by atoms with Gasteiger partial charge in [0.05, 0.1) is 47.9 Å². The van der Waals surface area contributed by atoms with E-state index >= 15 is 0 Å². The Hall–Kier alpha value is -4.68. The fourth-order valence-corrected chi connectivity index (χ4v) is 8.48. The van der Waals surface area contributed by atoms with Gasteiger partial charge in [0.25, 0.3) is 5.91 Å². The van der Waals surface area contributed by atoms with Crippen molar-refractivity contribution in [3.05, 3.63) is 53.3 Å². The number of aliphatic carboxylic acids is 1. The molecule has 4 fully saturated rings. The van der Waals surface area contributed by atoms with Crippen molar-refractivity contribution in [1.82, 2.24) is 24.9 Å². The van der Waals surface area contributed by atoms with E-state index in [2.05, 4.69) is 10.4 Å². The predicted molar refractivity (Wildman–Crippen MR) is 195 cm³/mol. The second-order valence-electron chi connectivity index (χ2n) is 17.6. The summed E-state index contributed by atoms with van der Waals surface area (Å²) in [6.07, 6.45) is -5.27. The average Bonchev–Trinajstić information content (AvgIpc) is 3.68. The van der Waals surface area contributed by atoms with Crippen molar-refractivity contribution in [2.45, 2.75) is 109 Å². The number of nitrogens with zero attached hydrogens (tertiary/aromatic N) is 4. The van der Waals surface area contributed by atoms with E-state index < -0.39 is 87.5 Å². The number of hydrogen-bond donors (Lipinski definition) is 2. The first-order valence-corrected chi connectivity index (χ1v) is 19.6. The molecule has 19 heteroatoms. The third kappa shape index (κ3) is 9.09. The number of likely N-dealkylation sites (tertiary alicyclic amines) is 2. The molecule has 59 heavy (non-hydrogen) atoms. The van der Waals surface area contributed by atoms with Gasteiger partial charge >= 0.3 is 24.3 Å². The number of carboxylic acid groups (broad SMARTS) is 1. The van der Waals surface area contributed by atoms with Gasteiger partial charge in [-0.3, -0.25) is 23.9 Å². The van der Waals surface area contributed by atoms with Crippen LogP contribution in [-0.2, 0) is 41.4 Å². The zero-order valence-electron chi connectivity index (χ0n) is 33.3. The standard InChI is InChI=1S/C40H49F6N5O8/c1-24(58-23-36(12-6-5-7-13-36)34(57)59-35(2,3)4)29(32(54)55)48-30(52)28-19-49(20-37(28)21-50(22-37)33(56)38(14-15-38)40(44,45)46)31(53)26-16-47-51(18-26)17-25-8-10-27(11-9-25)39(41,42)43/h8-11,16,18,24,28-29H,5-7,12-15,17,19-23H2,1-4H3,(H,48,52)(H,54,55)/t24-,28+,29+/m1/s1. The van der Waals surface area contributed by atoms with E-state index in [-0.39, 0.29) is 57.7 Å². The number of carboxylic acids is 1. The molecule has 4 aliphatic rings. The summed E-state index contributed by atoms with van der Waals surface area (Å²) in [5, 5.41) is 16.9. The van der Waals surface area contributed by atoms with Crippen LogP contribution in [0.5, 0.6) is 0 Å². The number of alkyl halides is 6. The molecule has 3 amide bonds. The number of esters is 1. The van der Waals surface area contributed by atoms with E-state index in [0.29, 0.717) is 18.4 Å². The van der Waals surface area contributed by atoms with Crippen LogP contribution in [0.2, 0.25) is 0 Å².